The fourth-order valence-electron chi connectivity index (χ4n) is 3.90. The minimum Gasteiger partial charge on any atom is -0.389 e. The van der Waals surface area contributed by atoms with Crippen LogP contribution in [0.25, 0.3) is 0 Å². The Balaban J connectivity index is 1.99. The Bertz CT molecular complexity index is 653. The van der Waals surface area contributed by atoms with E-state index in [2.05, 4.69) is 4.99 Å². The van der Waals surface area contributed by atoms with E-state index in [-0.39, 0.29) is 18.8 Å². The topological polar surface area (TPSA) is 285 Å². The quantitative estimate of drug-likeness (QED) is 0.0867. The molecule has 2 aliphatic rings. The van der Waals surface area contributed by atoms with Gasteiger partial charge >= 0.3 is 0 Å². The van der Waals surface area contributed by atoms with Crippen LogP contribution in [-0.4, -0.2) is 106 Å². The third kappa shape index (κ3) is 6.54. The zero-order chi connectivity index (χ0) is 24.2. The van der Waals surface area contributed by atoms with Gasteiger partial charge in [-0.2, -0.15) is 0 Å². The molecule has 0 amide bonds. The van der Waals surface area contributed by atoms with Crippen LogP contribution in [0.1, 0.15) is 25.7 Å². The first-order valence-corrected chi connectivity index (χ1v) is 10.6. The molecule has 14 heteroatoms. The monoisotopic (exact) mass is 463 g/mol. The van der Waals surface area contributed by atoms with E-state index in [0.29, 0.717) is 19.4 Å². The lowest BCUT2D eigenvalue weighted by molar-refractivity contribution is -0.289. The number of carbonyl (C=O) groups is 1. The first-order valence-electron chi connectivity index (χ1n) is 10.6. The van der Waals surface area contributed by atoms with Crippen molar-refractivity contribution in [3.63, 3.8) is 0 Å². The second kappa shape index (κ2) is 11.6. The lowest BCUT2D eigenvalue weighted by Crippen LogP contribution is -2.67. The SMILES string of the molecule is NC(N)=NCCC[C@H](N)C(=O)C[C@H]1O[C@H](O[C@H]2[C@H](O)[C@@H](O)[C@H](N)C[C@@H]2N)[C@H](N)[C@@H](O)[C@@H]1O. The summed E-state index contributed by atoms with van der Waals surface area (Å²) in [4.78, 5) is 16.3. The maximum atomic E-state index is 12.5. The molecule has 186 valence electrons. The standard InChI is InChI=1S/C18H37N7O7/c19-6(2-1-3-25-18(23)24)9(26)5-10-13(28)14(29)11(22)17(31-10)32-16-8(21)4-7(20)12(27)15(16)30/h6-8,10-17,27-30H,1-5,19-22H2,(H4,23,24,25)/t6-,7+,8-,10+,11+,12-,13+,14+,15+,16+,17+/m0/s1. The van der Waals surface area contributed by atoms with Crippen molar-refractivity contribution in [3.05, 3.63) is 0 Å². The van der Waals surface area contributed by atoms with Crippen LogP contribution in [0.2, 0.25) is 0 Å². The van der Waals surface area contributed by atoms with E-state index in [0.717, 1.165) is 0 Å². The lowest BCUT2D eigenvalue weighted by atomic mass is 9.84. The van der Waals surface area contributed by atoms with Gasteiger partial charge in [-0.05, 0) is 19.3 Å². The first-order chi connectivity index (χ1) is 14.9. The van der Waals surface area contributed by atoms with Gasteiger partial charge in [-0.1, -0.05) is 0 Å². The van der Waals surface area contributed by atoms with Crippen LogP contribution in [0.5, 0.6) is 0 Å². The third-order valence-electron chi connectivity index (χ3n) is 5.91. The summed E-state index contributed by atoms with van der Waals surface area (Å²) in [5.74, 6) is -0.465. The highest BCUT2D eigenvalue weighted by Gasteiger charge is 2.48. The number of nitrogens with zero attached hydrogens (tertiary/aromatic N) is 1. The molecule has 14 nitrogen and oxygen atoms in total. The molecule has 11 atom stereocenters. The second-order valence-electron chi connectivity index (χ2n) is 8.47. The van der Waals surface area contributed by atoms with Crippen molar-refractivity contribution >= 4 is 11.7 Å². The molecule has 1 aliphatic heterocycles. The van der Waals surface area contributed by atoms with Gasteiger partial charge in [0.05, 0.1) is 24.3 Å². The molecule has 2 rings (SSSR count). The van der Waals surface area contributed by atoms with Crippen molar-refractivity contribution in [1.82, 2.24) is 0 Å². The number of ketones is 1. The maximum Gasteiger partial charge on any atom is 0.185 e. The van der Waals surface area contributed by atoms with E-state index >= 15 is 0 Å². The number of aliphatic imine (C=N–C) groups is 1. The molecular weight excluding hydrogens is 426 g/mol. The number of rotatable bonds is 9. The summed E-state index contributed by atoms with van der Waals surface area (Å²) in [5.41, 5.74) is 34.1. The van der Waals surface area contributed by atoms with E-state index in [9.17, 15) is 25.2 Å². The summed E-state index contributed by atoms with van der Waals surface area (Å²) in [5, 5.41) is 41.0. The van der Waals surface area contributed by atoms with Gasteiger partial charge in [0, 0.05) is 25.0 Å². The van der Waals surface area contributed by atoms with Crippen LogP contribution >= 0.6 is 0 Å². The van der Waals surface area contributed by atoms with Crippen LogP contribution in [0, 0.1) is 0 Å². The van der Waals surface area contributed by atoms with Crippen molar-refractivity contribution < 1.29 is 34.7 Å². The molecule has 0 radical (unpaired) electrons. The number of guanidine groups is 1. The average Bonchev–Trinajstić information content (AvgIpc) is 2.73. The van der Waals surface area contributed by atoms with Gasteiger partial charge in [0.2, 0.25) is 0 Å². The highest BCUT2D eigenvalue weighted by molar-refractivity contribution is 5.84. The van der Waals surface area contributed by atoms with E-state index in [4.69, 9.17) is 43.9 Å². The van der Waals surface area contributed by atoms with Gasteiger partial charge in [-0.15, -0.1) is 0 Å². The minimum atomic E-state index is -1.48. The molecule has 1 heterocycles. The van der Waals surface area contributed by atoms with Crippen molar-refractivity contribution in [3.8, 4) is 0 Å². The molecule has 0 aromatic heterocycles. The average molecular weight is 464 g/mol. The summed E-state index contributed by atoms with van der Waals surface area (Å²) in [6, 6.07) is -3.51. The fourth-order valence-corrected chi connectivity index (χ4v) is 3.90. The van der Waals surface area contributed by atoms with E-state index in [1.165, 1.54) is 0 Å². The predicted octanol–water partition coefficient (Wildman–Crippen LogP) is -5.73. The number of hydrogen-bond acceptors (Lipinski definition) is 12. The number of aliphatic hydroxyl groups excluding tert-OH is 4. The molecule has 16 N–H and O–H groups in total. The molecular formula is C18H37N7O7. The highest BCUT2D eigenvalue weighted by atomic mass is 16.7. The molecule has 0 bridgehead atoms. The summed E-state index contributed by atoms with van der Waals surface area (Å²) in [6.07, 6.45) is -8.53. The van der Waals surface area contributed by atoms with E-state index < -0.39 is 72.9 Å². The Morgan fingerprint density at radius 3 is 2.31 bits per heavy atom. The summed E-state index contributed by atoms with van der Waals surface area (Å²) in [6.45, 7) is 0.314. The second-order valence-corrected chi connectivity index (χ2v) is 8.47. The van der Waals surface area contributed by atoms with Crippen molar-refractivity contribution in [2.45, 2.75) is 92.8 Å². The maximum absolute atomic E-state index is 12.5. The zero-order valence-corrected chi connectivity index (χ0v) is 17.8. The van der Waals surface area contributed by atoms with Crippen molar-refractivity contribution in [2.24, 2.45) is 39.4 Å². The van der Waals surface area contributed by atoms with Gasteiger partial charge < -0.3 is 64.3 Å². The summed E-state index contributed by atoms with van der Waals surface area (Å²) < 4.78 is 11.3. The number of hydrogen-bond donors (Lipinski definition) is 10. The van der Waals surface area contributed by atoms with Crippen molar-refractivity contribution in [1.29, 1.82) is 0 Å². The number of Topliss-reactive ketones (excluding diaryl/α,β-unsaturated/α-hetero) is 1. The Kier molecular flexibility index (Phi) is 9.71. The van der Waals surface area contributed by atoms with Gasteiger partial charge in [0.15, 0.2) is 18.0 Å². The van der Waals surface area contributed by atoms with Crippen LogP contribution in [0.3, 0.4) is 0 Å². The predicted molar refractivity (Wildman–Crippen MR) is 114 cm³/mol. The lowest BCUT2D eigenvalue weighted by Gasteiger charge is -2.45. The van der Waals surface area contributed by atoms with Gasteiger partial charge in [0.25, 0.3) is 0 Å². The third-order valence-corrected chi connectivity index (χ3v) is 5.91. The van der Waals surface area contributed by atoms with Crippen molar-refractivity contribution in [2.75, 3.05) is 6.54 Å². The molecule has 0 aromatic carbocycles. The van der Waals surface area contributed by atoms with Crippen LogP contribution in [0.4, 0.5) is 0 Å². The van der Waals surface area contributed by atoms with E-state index in [1.54, 1.807) is 0 Å². The minimum absolute atomic E-state index is 0.0581. The molecule has 0 spiro atoms. The summed E-state index contributed by atoms with van der Waals surface area (Å²) in [7, 11) is 0. The van der Waals surface area contributed by atoms with Gasteiger partial charge in [-0.25, -0.2) is 0 Å². The first kappa shape index (κ1) is 26.8. The number of ether oxygens (including phenoxy) is 2. The van der Waals surface area contributed by atoms with Gasteiger partial charge in [-0.3, -0.25) is 9.79 Å². The molecule has 0 aromatic rings. The van der Waals surface area contributed by atoms with Crippen LogP contribution in [-0.2, 0) is 14.3 Å². The van der Waals surface area contributed by atoms with Crippen LogP contribution < -0.4 is 34.4 Å². The fraction of sp³-hybridized carbons (Fsp3) is 0.889. The Morgan fingerprint density at radius 1 is 1.03 bits per heavy atom. The molecule has 1 aliphatic carbocycles. The zero-order valence-electron chi connectivity index (χ0n) is 17.8. The van der Waals surface area contributed by atoms with Crippen LogP contribution in [0.15, 0.2) is 4.99 Å². The molecule has 0 unspecified atom stereocenters. The Hall–Kier alpha value is -1.46. The van der Waals surface area contributed by atoms with E-state index in [1.807, 2.05) is 0 Å². The number of aliphatic hydroxyl groups is 4. The van der Waals surface area contributed by atoms with Gasteiger partial charge in [0.1, 0.15) is 24.4 Å². The number of carbonyl (C=O) groups excluding carboxylic acids is 1. The summed E-state index contributed by atoms with van der Waals surface area (Å²) >= 11 is 0. The molecule has 2 fully saturated rings. The normalized spacial score (nSPS) is 41.1. The largest absolute Gasteiger partial charge is 0.389 e. The smallest absolute Gasteiger partial charge is 0.185 e. The Labute approximate surface area is 185 Å². The molecule has 1 saturated heterocycles. The molecule has 1 saturated carbocycles. The molecule has 32 heavy (non-hydrogen) atoms. The number of nitrogens with two attached hydrogens (primary N) is 6. The highest BCUT2D eigenvalue weighted by Crippen LogP contribution is 2.28. The Morgan fingerprint density at radius 2 is 1.69 bits per heavy atom.